The molecule has 0 aliphatic heterocycles. The third kappa shape index (κ3) is 4.49. The molecule has 7 heteroatoms. The minimum atomic E-state index is -1.38. The van der Waals surface area contributed by atoms with E-state index in [0.717, 1.165) is 37.9 Å². The molecule has 29 heavy (non-hydrogen) atoms. The van der Waals surface area contributed by atoms with Crippen LogP contribution in [0.3, 0.4) is 0 Å². The first-order valence-electron chi connectivity index (χ1n) is 9.62. The summed E-state index contributed by atoms with van der Waals surface area (Å²) in [7, 11) is 0. The quantitative estimate of drug-likeness (QED) is 0.318. The Morgan fingerprint density at radius 3 is 2.62 bits per heavy atom. The zero-order valence-electron chi connectivity index (χ0n) is 16.6. The zero-order valence-corrected chi connectivity index (χ0v) is 19.0. The van der Waals surface area contributed by atoms with E-state index in [0.29, 0.717) is 19.6 Å². The van der Waals surface area contributed by atoms with Crippen LogP contribution in [0.4, 0.5) is 4.39 Å². The average Bonchev–Trinajstić information content (AvgIpc) is 3.04. The Kier molecular flexibility index (Phi) is 5.66. The van der Waals surface area contributed by atoms with E-state index in [4.69, 9.17) is 9.72 Å². The van der Waals surface area contributed by atoms with Gasteiger partial charge in [-0.05, 0) is 0 Å². The van der Waals surface area contributed by atoms with E-state index < -0.39 is 5.67 Å². The minimum absolute atomic E-state index is 0.208. The van der Waals surface area contributed by atoms with E-state index in [1.54, 1.807) is 20.0 Å². The Morgan fingerprint density at radius 2 is 1.86 bits per heavy atom. The molecule has 0 N–H and O–H groups in total. The SMILES string of the molecule is CC(C)(F)Cn1c(CCOCc2ccccc2)nc2c([AsH2])nc3cccnc3c21. The Hall–Kier alpha value is -2.30. The Labute approximate surface area is 177 Å². The second-order valence-electron chi connectivity index (χ2n) is 7.69. The number of alkyl halides is 1. The molecule has 1 unspecified atom stereocenters. The summed E-state index contributed by atoms with van der Waals surface area (Å²) in [6, 6.07) is 13.9. The van der Waals surface area contributed by atoms with Gasteiger partial charge in [-0.1, -0.05) is 0 Å². The van der Waals surface area contributed by atoms with E-state index in [-0.39, 0.29) is 6.54 Å². The molecule has 3 heterocycles. The van der Waals surface area contributed by atoms with Crippen molar-refractivity contribution in [3.05, 3.63) is 60.0 Å². The van der Waals surface area contributed by atoms with Crippen molar-refractivity contribution in [2.45, 2.75) is 39.1 Å². The summed E-state index contributed by atoms with van der Waals surface area (Å²) in [4.78, 5) is 14.0. The maximum absolute atomic E-state index is 14.7. The summed E-state index contributed by atoms with van der Waals surface area (Å²) in [5, 5.41) is 0. The van der Waals surface area contributed by atoms with Gasteiger partial charge in [-0.15, -0.1) is 0 Å². The molecule has 0 fully saturated rings. The van der Waals surface area contributed by atoms with Crippen LogP contribution in [0.5, 0.6) is 0 Å². The number of hydrogen-bond acceptors (Lipinski definition) is 4. The first-order valence-corrected chi connectivity index (χ1v) is 10.8. The van der Waals surface area contributed by atoms with Crippen molar-refractivity contribution < 1.29 is 9.13 Å². The van der Waals surface area contributed by atoms with Crippen LogP contribution in [0.1, 0.15) is 25.2 Å². The van der Waals surface area contributed by atoms with Crippen molar-refractivity contribution in [3.8, 4) is 0 Å². The van der Waals surface area contributed by atoms with Crippen LogP contribution < -0.4 is 4.48 Å². The standard InChI is InChI=1S/C22H24AsFN4O/c1-22(2,24)14-28-17(10-12-29-13-15-7-4-3-5-8-15)27-19-20(28)18-16(26-21(19)23)9-6-11-25-18/h3-9,11H,10,12-14,23H2,1-2H3. The first kappa shape index (κ1) is 20.0. The molecule has 5 nitrogen and oxygen atoms in total. The number of pyridine rings is 2. The van der Waals surface area contributed by atoms with Crippen LogP contribution in [0.15, 0.2) is 48.7 Å². The van der Waals surface area contributed by atoms with Crippen LogP contribution in [0, 0.1) is 0 Å². The van der Waals surface area contributed by atoms with Gasteiger partial charge in [0.25, 0.3) is 0 Å². The molecule has 4 aromatic rings. The number of fused-ring (bicyclic) bond motifs is 3. The third-order valence-corrected chi connectivity index (χ3v) is 5.50. The van der Waals surface area contributed by atoms with E-state index in [1.165, 1.54) is 16.9 Å². The van der Waals surface area contributed by atoms with Gasteiger partial charge in [0.1, 0.15) is 0 Å². The molecule has 0 aliphatic rings. The Morgan fingerprint density at radius 1 is 1.07 bits per heavy atom. The number of benzene rings is 1. The number of ether oxygens (including phenoxy) is 1. The summed E-state index contributed by atoms with van der Waals surface area (Å²) in [5.74, 6) is 0.803. The number of nitrogens with zero attached hydrogens (tertiary/aromatic N) is 4. The van der Waals surface area contributed by atoms with Crippen molar-refractivity contribution in [2.75, 3.05) is 6.61 Å². The van der Waals surface area contributed by atoms with Gasteiger partial charge in [-0.2, -0.15) is 0 Å². The van der Waals surface area contributed by atoms with Crippen molar-refractivity contribution in [2.24, 2.45) is 0 Å². The summed E-state index contributed by atoms with van der Waals surface area (Å²) in [5.41, 5.74) is 2.98. The predicted molar refractivity (Wildman–Crippen MR) is 116 cm³/mol. The number of aromatic nitrogens is 4. The second kappa shape index (κ2) is 8.21. The van der Waals surface area contributed by atoms with Gasteiger partial charge < -0.3 is 0 Å². The summed E-state index contributed by atoms with van der Waals surface area (Å²) >= 11 is 1.40. The van der Waals surface area contributed by atoms with Crippen LogP contribution in [0.25, 0.3) is 22.1 Å². The first-order chi connectivity index (χ1) is 13.9. The van der Waals surface area contributed by atoms with Crippen molar-refractivity contribution in [1.82, 2.24) is 19.5 Å². The predicted octanol–water partition coefficient (Wildman–Crippen LogP) is 2.75. The molecule has 0 aliphatic carbocycles. The van der Waals surface area contributed by atoms with Crippen LogP contribution in [0.2, 0.25) is 0 Å². The van der Waals surface area contributed by atoms with Crippen molar-refractivity contribution in [1.29, 1.82) is 0 Å². The van der Waals surface area contributed by atoms with Gasteiger partial charge in [0.05, 0.1) is 0 Å². The molecule has 0 radical (unpaired) electrons. The number of halogens is 1. The second-order valence-corrected chi connectivity index (χ2v) is 8.83. The molecular formula is C22H24AsFN4O. The fraction of sp³-hybridized carbons (Fsp3) is 0.318. The van der Waals surface area contributed by atoms with Gasteiger partial charge in [-0.3, -0.25) is 0 Å². The number of imidazole rings is 1. The topological polar surface area (TPSA) is 52.8 Å². The van der Waals surface area contributed by atoms with Crippen LogP contribution in [-0.4, -0.2) is 48.6 Å². The molecule has 4 rings (SSSR count). The summed E-state index contributed by atoms with van der Waals surface area (Å²) < 4.78 is 23.4. The Balaban J connectivity index is 1.68. The maximum atomic E-state index is 14.7. The van der Waals surface area contributed by atoms with Crippen molar-refractivity contribution in [3.63, 3.8) is 0 Å². The van der Waals surface area contributed by atoms with E-state index in [9.17, 15) is 4.39 Å². The summed E-state index contributed by atoms with van der Waals surface area (Å²) in [6.45, 7) is 4.43. The molecular weight excluding hydrogens is 430 g/mol. The van der Waals surface area contributed by atoms with Crippen molar-refractivity contribution >= 4 is 43.4 Å². The molecule has 0 spiro atoms. The Bertz CT molecular complexity index is 1140. The molecule has 1 atom stereocenters. The number of hydrogen-bond donors (Lipinski definition) is 0. The van der Waals surface area contributed by atoms with Crippen LogP contribution in [-0.2, 0) is 24.3 Å². The van der Waals surface area contributed by atoms with Gasteiger partial charge in [0.2, 0.25) is 0 Å². The van der Waals surface area contributed by atoms with E-state index >= 15 is 0 Å². The van der Waals surface area contributed by atoms with E-state index in [2.05, 4.69) is 9.97 Å². The molecule has 0 saturated carbocycles. The monoisotopic (exact) mass is 454 g/mol. The van der Waals surface area contributed by atoms with Gasteiger partial charge in [-0.25, -0.2) is 0 Å². The normalized spacial score (nSPS) is 12.1. The van der Waals surface area contributed by atoms with Gasteiger partial charge in [0.15, 0.2) is 0 Å². The van der Waals surface area contributed by atoms with Crippen LogP contribution >= 0.6 is 0 Å². The molecule has 150 valence electrons. The molecule has 1 aromatic carbocycles. The molecule has 0 bridgehead atoms. The zero-order chi connectivity index (χ0) is 20.4. The van der Waals surface area contributed by atoms with E-state index in [1.807, 2.05) is 47.0 Å². The van der Waals surface area contributed by atoms with Gasteiger partial charge >= 0.3 is 178 Å². The summed E-state index contributed by atoms with van der Waals surface area (Å²) in [6.07, 6.45) is 2.34. The average molecular weight is 454 g/mol. The third-order valence-electron chi connectivity index (χ3n) is 4.66. The van der Waals surface area contributed by atoms with Gasteiger partial charge in [0, 0.05) is 0 Å². The molecule has 0 saturated heterocycles. The molecule has 0 amide bonds. The fourth-order valence-corrected chi connectivity index (χ4v) is 4.15. The number of rotatable bonds is 7. The fourth-order valence-electron chi connectivity index (χ4n) is 3.43. The molecule has 3 aromatic heterocycles.